The van der Waals surface area contributed by atoms with E-state index in [4.69, 9.17) is 40.3 Å². The average molecular weight is 802 g/mol. The molecule has 0 bridgehead atoms. The van der Waals surface area contributed by atoms with Crippen LogP contribution in [0.4, 0.5) is 10.5 Å². The molecular weight excluding hydrogens is 742 g/mol. The van der Waals surface area contributed by atoms with Crippen LogP contribution in [0.2, 0.25) is 5.02 Å². The number of carbonyl (C=O) groups is 2. The van der Waals surface area contributed by atoms with Crippen LogP contribution in [-0.4, -0.2) is 73.1 Å². The van der Waals surface area contributed by atoms with Gasteiger partial charge in [-0.05, 0) is 149 Å². The topological polar surface area (TPSA) is 108 Å². The van der Waals surface area contributed by atoms with Crippen molar-refractivity contribution >= 4 is 29.4 Å². The van der Waals surface area contributed by atoms with Gasteiger partial charge in [-0.1, -0.05) is 31.5 Å². The minimum Gasteiger partial charge on any atom is -0.493 e. The molecule has 1 aromatic heterocycles. The number of halogens is 1. The van der Waals surface area contributed by atoms with E-state index in [1.165, 1.54) is 35.9 Å². The fraction of sp³-hybridized carbons (Fsp3) is 0.587. The number of nitrogens with zero attached hydrogens (tertiary/aromatic N) is 2. The second kappa shape index (κ2) is 16.6. The number of carbonyl (C=O) groups excluding carboxylic acids is 2. The van der Waals surface area contributed by atoms with Crippen molar-refractivity contribution in [3.63, 3.8) is 0 Å². The molecule has 4 atom stereocenters. The van der Waals surface area contributed by atoms with Crippen molar-refractivity contribution in [3.05, 3.63) is 76.1 Å². The number of aryl methyl sites for hydroxylation is 1. The Hall–Kier alpha value is -4.18. The van der Waals surface area contributed by atoms with E-state index in [0.717, 1.165) is 55.7 Å². The minimum absolute atomic E-state index is 0.192. The van der Waals surface area contributed by atoms with Gasteiger partial charge in [-0.15, -0.1) is 0 Å². The van der Waals surface area contributed by atoms with E-state index in [0.29, 0.717) is 61.6 Å². The molecule has 2 heterocycles. The first-order valence-corrected chi connectivity index (χ1v) is 21.2. The van der Waals surface area contributed by atoms with Crippen LogP contribution in [0, 0.1) is 11.8 Å². The third-order valence-corrected chi connectivity index (χ3v) is 12.9. The van der Waals surface area contributed by atoms with Gasteiger partial charge < -0.3 is 33.9 Å². The summed E-state index contributed by atoms with van der Waals surface area (Å²) >= 11 is 6.38. The number of hydrogen-bond donors (Lipinski definition) is 1. The Kier molecular flexibility index (Phi) is 11.9. The van der Waals surface area contributed by atoms with E-state index in [9.17, 15) is 9.59 Å². The Morgan fingerprint density at radius 2 is 1.88 bits per heavy atom. The smallest absolute Gasteiger partial charge is 0.410 e. The van der Waals surface area contributed by atoms with E-state index < -0.39 is 11.1 Å². The molecule has 1 N–H and O–H groups in total. The van der Waals surface area contributed by atoms with Gasteiger partial charge in [0.1, 0.15) is 23.0 Å². The molecule has 7 rings (SSSR count). The molecule has 0 saturated heterocycles. The standard InChI is InChI=1S/C46H60ClN3O7/c1-29(28-55-38-14-20-48-37-13-8-10-30(2)41(37)38)22-32-23-31-24-40-39(54-21-15-35(56-40)27-50(6)43(52)57-44(3,4)5)26-36(31)45(32)16-18-46(19-17-45,42(51)53-7)49-34-12-9-11-33(47)25-34/h9,11-12,14,20,24-26,29-30,32,35,49H,8,10,13,15-19,21-23,27-28H2,1-7H3/t29-,30-,32+,35-,45?,46?/m1/s1. The summed E-state index contributed by atoms with van der Waals surface area (Å²) in [6, 6.07) is 14.0. The highest BCUT2D eigenvalue weighted by Crippen LogP contribution is 2.58. The maximum Gasteiger partial charge on any atom is 0.410 e. The first kappa shape index (κ1) is 41.0. The number of aromatic nitrogens is 1. The van der Waals surface area contributed by atoms with E-state index >= 15 is 0 Å². The highest BCUT2D eigenvalue weighted by Gasteiger charge is 2.55. The normalized spacial score (nSPS) is 25.7. The number of hydrogen-bond acceptors (Lipinski definition) is 9. The molecule has 1 fully saturated rings. The first-order chi connectivity index (χ1) is 27.2. The van der Waals surface area contributed by atoms with E-state index in [2.05, 4.69) is 31.3 Å². The highest BCUT2D eigenvalue weighted by atomic mass is 35.5. The number of ether oxygens (including phenoxy) is 5. The molecule has 308 valence electrons. The maximum absolute atomic E-state index is 13.7. The summed E-state index contributed by atoms with van der Waals surface area (Å²) < 4.78 is 30.8. The van der Waals surface area contributed by atoms with Gasteiger partial charge in [-0.3, -0.25) is 4.98 Å². The van der Waals surface area contributed by atoms with Crippen LogP contribution in [0.3, 0.4) is 0 Å². The Morgan fingerprint density at radius 3 is 2.61 bits per heavy atom. The van der Waals surface area contributed by atoms with Crippen molar-refractivity contribution in [1.29, 1.82) is 0 Å². The number of fused-ring (bicyclic) bond motifs is 4. The molecule has 3 aliphatic carbocycles. The van der Waals surface area contributed by atoms with Crippen molar-refractivity contribution in [2.45, 2.75) is 127 Å². The average Bonchev–Trinajstić information content (AvgIpc) is 3.29. The fourth-order valence-corrected chi connectivity index (χ4v) is 10.1. The maximum atomic E-state index is 13.7. The molecule has 2 aromatic carbocycles. The van der Waals surface area contributed by atoms with Gasteiger partial charge in [0, 0.05) is 41.6 Å². The lowest BCUT2D eigenvalue weighted by molar-refractivity contribution is -0.148. The number of rotatable bonds is 10. The summed E-state index contributed by atoms with van der Waals surface area (Å²) in [6.45, 7) is 11.6. The molecule has 57 heavy (non-hydrogen) atoms. The quantitative estimate of drug-likeness (QED) is 0.201. The molecule has 1 saturated carbocycles. The number of nitrogens with one attached hydrogen (secondary N) is 1. The fourth-order valence-electron chi connectivity index (χ4n) is 9.89. The molecule has 0 unspecified atom stereocenters. The molecule has 1 spiro atoms. The predicted molar refractivity (Wildman–Crippen MR) is 222 cm³/mol. The van der Waals surface area contributed by atoms with E-state index in [1.54, 1.807) is 11.9 Å². The zero-order chi connectivity index (χ0) is 40.5. The Morgan fingerprint density at radius 1 is 1.09 bits per heavy atom. The van der Waals surface area contributed by atoms with Gasteiger partial charge in [0.25, 0.3) is 0 Å². The summed E-state index contributed by atoms with van der Waals surface area (Å²) in [7, 11) is 3.21. The number of benzene rings is 2. The van der Waals surface area contributed by atoms with Crippen LogP contribution in [-0.2, 0) is 32.5 Å². The summed E-state index contributed by atoms with van der Waals surface area (Å²) in [5.41, 5.74) is 4.12. The molecule has 11 heteroatoms. The Balaban J connectivity index is 1.15. The largest absolute Gasteiger partial charge is 0.493 e. The molecule has 4 aliphatic rings. The van der Waals surface area contributed by atoms with E-state index in [-0.39, 0.29) is 29.5 Å². The molecule has 1 aliphatic heterocycles. The number of pyridine rings is 1. The van der Waals surface area contributed by atoms with Crippen molar-refractivity contribution in [1.82, 2.24) is 9.88 Å². The van der Waals surface area contributed by atoms with Crippen LogP contribution in [0.15, 0.2) is 48.7 Å². The number of methoxy groups -OCH3 is 1. The lowest BCUT2D eigenvalue weighted by Crippen LogP contribution is -2.53. The first-order valence-electron chi connectivity index (χ1n) is 20.8. The SMILES string of the molecule is COC(=O)C1(Nc2cccc(Cl)c2)CCC2(CC1)c1cc3c(cc1C[C@@H]2C[C@@H](C)COc1ccnc2c1[C@H](C)CCC2)O[C@@H](CN(C)C(=O)OC(C)(C)C)CCO3. The monoisotopic (exact) mass is 801 g/mol. The Labute approximate surface area is 343 Å². The molecule has 10 nitrogen and oxygen atoms in total. The number of amides is 1. The van der Waals surface area contributed by atoms with Crippen molar-refractivity contribution in [3.8, 4) is 17.2 Å². The van der Waals surface area contributed by atoms with Crippen LogP contribution in [0.25, 0.3) is 0 Å². The summed E-state index contributed by atoms with van der Waals surface area (Å²) in [5.74, 6) is 3.17. The lowest BCUT2D eigenvalue weighted by Gasteiger charge is -2.47. The molecule has 0 radical (unpaired) electrons. The van der Waals surface area contributed by atoms with Crippen LogP contribution in [0.1, 0.15) is 114 Å². The second-order valence-corrected chi connectivity index (χ2v) is 18.5. The molecular formula is C46H60ClN3O7. The molecule has 3 aromatic rings. The summed E-state index contributed by atoms with van der Waals surface area (Å²) in [4.78, 5) is 32.8. The zero-order valence-corrected chi connectivity index (χ0v) is 35.5. The molecule has 1 amide bonds. The van der Waals surface area contributed by atoms with Crippen molar-refractivity contribution in [2.24, 2.45) is 11.8 Å². The second-order valence-electron chi connectivity index (χ2n) is 18.1. The minimum atomic E-state index is -0.886. The Bertz CT molecular complexity index is 1940. The van der Waals surface area contributed by atoms with Gasteiger partial charge >= 0.3 is 12.1 Å². The van der Waals surface area contributed by atoms with E-state index in [1.807, 2.05) is 57.3 Å². The van der Waals surface area contributed by atoms with Crippen molar-refractivity contribution < 1.29 is 33.3 Å². The van der Waals surface area contributed by atoms with Crippen molar-refractivity contribution in [2.75, 3.05) is 39.2 Å². The summed E-state index contributed by atoms with van der Waals surface area (Å²) in [5, 5.41) is 4.18. The van der Waals surface area contributed by atoms with Gasteiger partial charge in [0.05, 0.1) is 26.9 Å². The van der Waals surface area contributed by atoms with Crippen LogP contribution >= 0.6 is 11.6 Å². The number of likely N-dealkylation sites (N-methyl/N-ethyl adjacent to an activating group) is 1. The lowest BCUT2D eigenvalue weighted by atomic mass is 9.59. The van der Waals surface area contributed by atoms with Crippen LogP contribution < -0.4 is 19.5 Å². The number of anilines is 1. The van der Waals surface area contributed by atoms with Gasteiger partial charge in [0.2, 0.25) is 0 Å². The number of esters is 1. The third-order valence-electron chi connectivity index (χ3n) is 12.7. The van der Waals surface area contributed by atoms with Crippen LogP contribution in [0.5, 0.6) is 17.2 Å². The third kappa shape index (κ3) is 8.81. The predicted octanol–water partition coefficient (Wildman–Crippen LogP) is 9.68. The highest BCUT2D eigenvalue weighted by molar-refractivity contribution is 6.30. The van der Waals surface area contributed by atoms with Gasteiger partial charge in [-0.25, -0.2) is 9.59 Å². The zero-order valence-electron chi connectivity index (χ0n) is 34.8. The summed E-state index contributed by atoms with van der Waals surface area (Å²) in [6.07, 6.45) is 9.85. The van der Waals surface area contributed by atoms with Gasteiger partial charge in [-0.2, -0.15) is 0 Å². The van der Waals surface area contributed by atoms with Gasteiger partial charge in [0.15, 0.2) is 11.5 Å².